The number of hydrogen-bond acceptors (Lipinski definition) is 3. The van der Waals surface area contributed by atoms with Gasteiger partial charge in [0.25, 0.3) is 0 Å². The number of aryl methyl sites for hydroxylation is 2. The molecule has 1 aromatic heterocycles. The van der Waals surface area contributed by atoms with Crippen LogP contribution in [0.25, 0.3) is 0 Å². The smallest absolute Gasteiger partial charge is 0.126 e. The zero-order chi connectivity index (χ0) is 14.7. The Morgan fingerprint density at radius 1 is 1.33 bits per heavy atom. The molecule has 0 radical (unpaired) electrons. The van der Waals surface area contributed by atoms with Gasteiger partial charge in [-0.05, 0) is 48.8 Å². The largest absolute Gasteiger partial charge is 0.493 e. The summed E-state index contributed by atoms with van der Waals surface area (Å²) in [5.74, 6) is 1.09. The van der Waals surface area contributed by atoms with Crippen LogP contribution < -0.4 is 10.1 Å². The number of para-hydroxylation sites is 1. The molecule has 3 rings (SSSR count). The third-order valence-corrected chi connectivity index (χ3v) is 5.19. The molecular weight excluding hydrogens is 278 g/mol. The van der Waals surface area contributed by atoms with Crippen molar-refractivity contribution in [2.45, 2.75) is 45.7 Å². The van der Waals surface area contributed by atoms with Crippen molar-refractivity contribution in [3.05, 3.63) is 51.2 Å². The maximum Gasteiger partial charge on any atom is 0.126 e. The molecule has 1 aromatic carbocycles. The number of hydrogen-bond donors (Lipinski definition) is 1. The minimum Gasteiger partial charge on any atom is -0.493 e. The molecule has 0 spiro atoms. The molecule has 112 valence electrons. The highest BCUT2D eigenvalue weighted by molar-refractivity contribution is 7.10. The van der Waals surface area contributed by atoms with Gasteiger partial charge in [-0.25, -0.2) is 0 Å². The van der Waals surface area contributed by atoms with Gasteiger partial charge in [0, 0.05) is 23.0 Å². The summed E-state index contributed by atoms with van der Waals surface area (Å²) in [7, 11) is 0. The summed E-state index contributed by atoms with van der Waals surface area (Å²) >= 11 is 1.86. The van der Waals surface area contributed by atoms with E-state index < -0.39 is 0 Å². The van der Waals surface area contributed by atoms with Gasteiger partial charge in [0.1, 0.15) is 5.75 Å². The van der Waals surface area contributed by atoms with Crippen molar-refractivity contribution in [3.8, 4) is 5.75 Å². The Morgan fingerprint density at radius 3 is 3.10 bits per heavy atom. The van der Waals surface area contributed by atoms with E-state index in [2.05, 4.69) is 48.8 Å². The molecule has 21 heavy (non-hydrogen) atoms. The third-order valence-electron chi connectivity index (χ3n) is 4.23. The van der Waals surface area contributed by atoms with Crippen LogP contribution in [-0.4, -0.2) is 6.61 Å². The lowest BCUT2D eigenvalue weighted by molar-refractivity contribution is 0.313. The molecular formula is C18H23NOS. The quantitative estimate of drug-likeness (QED) is 0.889. The van der Waals surface area contributed by atoms with Gasteiger partial charge in [-0.1, -0.05) is 25.1 Å². The molecule has 0 amide bonds. The van der Waals surface area contributed by atoms with Gasteiger partial charge in [-0.3, -0.25) is 0 Å². The highest BCUT2D eigenvalue weighted by atomic mass is 32.1. The number of nitrogens with one attached hydrogen (secondary N) is 1. The molecule has 0 saturated carbocycles. The Morgan fingerprint density at radius 2 is 2.24 bits per heavy atom. The molecule has 1 atom stereocenters. The Bertz CT molecular complexity index is 605. The first-order chi connectivity index (χ1) is 10.3. The Balaban J connectivity index is 1.78. The fourth-order valence-corrected chi connectivity index (χ4v) is 3.96. The van der Waals surface area contributed by atoms with Crippen molar-refractivity contribution in [2.75, 3.05) is 6.61 Å². The Labute approximate surface area is 131 Å². The average molecular weight is 301 g/mol. The van der Waals surface area contributed by atoms with Crippen molar-refractivity contribution >= 4 is 11.3 Å². The van der Waals surface area contributed by atoms with E-state index in [9.17, 15) is 0 Å². The van der Waals surface area contributed by atoms with E-state index in [0.717, 1.165) is 38.2 Å². The second kappa shape index (κ2) is 6.63. The molecule has 1 N–H and O–H groups in total. The summed E-state index contributed by atoms with van der Waals surface area (Å²) in [6, 6.07) is 9.13. The molecule has 1 aliphatic heterocycles. The van der Waals surface area contributed by atoms with Crippen LogP contribution in [0.4, 0.5) is 0 Å². The first-order valence-electron chi connectivity index (χ1n) is 7.80. The van der Waals surface area contributed by atoms with E-state index in [1.54, 1.807) is 0 Å². The molecule has 0 bridgehead atoms. The Kier molecular flexibility index (Phi) is 4.61. The van der Waals surface area contributed by atoms with Crippen LogP contribution in [0.15, 0.2) is 29.6 Å². The van der Waals surface area contributed by atoms with Crippen LogP contribution in [0.3, 0.4) is 0 Å². The normalized spacial score (nSPS) is 17.9. The van der Waals surface area contributed by atoms with Crippen LogP contribution in [0.2, 0.25) is 0 Å². The van der Waals surface area contributed by atoms with Gasteiger partial charge in [-0.15, -0.1) is 11.3 Å². The van der Waals surface area contributed by atoms with E-state index in [0.29, 0.717) is 6.04 Å². The lowest BCUT2D eigenvalue weighted by atomic mass is 9.99. The van der Waals surface area contributed by atoms with Crippen molar-refractivity contribution in [3.63, 3.8) is 0 Å². The van der Waals surface area contributed by atoms with Crippen LogP contribution >= 0.6 is 11.3 Å². The van der Waals surface area contributed by atoms with Gasteiger partial charge in [0.05, 0.1) is 6.61 Å². The van der Waals surface area contributed by atoms with Gasteiger partial charge in [0.15, 0.2) is 0 Å². The topological polar surface area (TPSA) is 21.3 Å². The Hall–Kier alpha value is -1.32. The van der Waals surface area contributed by atoms with Crippen molar-refractivity contribution in [2.24, 2.45) is 0 Å². The van der Waals surface area contributed by atoms with Crippen LogP contribution in [-0.2, 0) is 13.0 Å². The fraction of sp³-hybridized carbons (Fsp3) is 0.444. The fourth-order valence-electron chi connectivity index (χ4n) is 3.03. The number of fused-ring (bicyclic) bond motifs is 1. The predicted molar refractivity (Wildman–Crippen MR) is 89.2 cm³/mol. The summed E-state index contributed by atoms with van der Waals surface area (Å²) < 4.78 is 5.95. The van der Waals surface area contributed by atoms with E-state index in [1.807, 2.05) is 11.3 Å². The van der Waals surface area contributed by atoms with Gasteiger partial charge in [0.2, 0.25) is 0 Å². The maximum atomic E-state index is 5.95. The summed E-state index contributed by atoms with van der Waals surface area (Å²) in [6.07, 6.45) is 3.37. The number of ether oxygens (including phenoxy) is 1. The van der Waals surface area contributed by atoms with Crippen molar-refractivity contribution < 1.29 is 4.74 Å². The van der Waals surface area contributed by atoms with E-state index in [4.69, 9.17) is 4.74 Å². The zero-order valence-corrected chi connectivity index (χ0v) is 13.6. The zero-order valence-electron chi connectivity index (χ0n) is 12.8. The molecule has 0 aliphatic carbocycles. The molecule has 1 aliphatic rings. The molecule has 2 nitrogen and oxygen atoms in total. The minimum absolute atomic E-state index is 0.397. The van der Waals surface area contributed by atoms with E-state index in [-0.39, 0.29) is 0 Å². The van der Waals surface area contributed by atoms with E-state index in [1.165, 1.54) is 21.6 Å². The van der Waals surface area contributed by atoms with Gasteiger partial charge >= 0.3 is 0 Å². The van der Waals surface area contributed by atoms with Crippen molar-refractivity contribution in [1.82, 2.24) is 5.32 Å². The lowest BCUT2D eigenvalue weighted by Gasteiger charge is -2.19. The van der Waals surface area contributed by atoms with Crippen molar-refractivity contribution in [1.29, 1.82) is 0 Å². The lowest BCUT2D eigenvalue weighted by Crippen LogP contribution is -2.20. The molecule has 2 aromatic rings. The maximum absolute atomic E-state index is 5.95. The molecule has 0 saturated heterocycles. The molecule has 0 fully saturated rings. The minimum atomic E-state index is 0.397. The van der Waals surface area contributed by atoms with Gasteiger partial charge < -0.3 is 10.1 Å². The second-order valence-corrected chi connectivity index (χ2v) is 6.64. The molecule has 2 heterocycles. The monoisotopic (exact) mass is 301 g/mol. The van der Waals surface area contributed by atoms with E-state index >= 15 is 0 Å². The molecule has 3 heteroatoms. The van der Waals surface area contributed by atoms with Crippen LogP contribution in [0, 0.1) is 6.92 Å². The SMILES string of the molecule is CCc1ccsc1CNC1CCCOc2c(C)cccc21. The third kappa shape index (κ3) is 3.14. The highest BCUT2D eigenvalue weighted by Crippen LogP contribution is 2.34. The predicted octanol–water partition coefficient (Wildman–Crippen LogP) is 4.62. The summed E-state index contributed by atoms with van der Waals surface area (Å²) in [4.78, 5) is 1.47. The first kappa shape index (κ1) is 14.6. The standard InChI is InChI=1S/C18H23NOS/c1-3-14-9-11-21-17(14)12-19-16-8-5-10-20-18-13(2)6-4-7-15(16)18/h4,6-7,9,11,16,19H,3,5,8,10,12H2,1-2H3. The average Bonchev–Trinajstić information content (AvgIpc) is 2.85. The highest BCUT2D eigenvalue weighted by Gasteiger charge is 2.20. The number of thiophene rings is 1. The summed E-state index contributed by atoms with van der Waals surface area (Å²) in [6.45, 7) is 6.15. The first-order valence-corrected chi connectivity index (χ1v) is 8.68. The van der Waals surface area contributed by atoms with Crippen LogP contribution in [0.1, 0.15) is 47.4 Å². The summed E-state index contributed by atoms with van der Waals surface area (Å²) in [5, 5.41) is 5.95. The second-order valence-electron chi connectivity index (χ2n) is 5.64. The summed E-state index contributed by atoms with van der Waals surface area (Å²) in [5.41, 5.74) is 4.04. The van der Waals surface area contributed by atoms with Crippen LogP contribution in [0.5, 0.6) is 5.75 Å². The number of benzene rings is 1. The van der Waals surface area contributed by atoms with Gasteiger partial charge in [-0.2, -0.15) is 0 Å². The molecule has 1 unspecified atom stereocenters. The number of rotatable bonds is 4.